The molecule has 0 heterocycles. The number of aliphatic hydroxyl groups is 1. The number of hydrogen-bond acceptors (Lipinski definition) is 1. The van der Waals surface area contributed by atoms with Crippen LogP contribution in [-0.2, 0) is 6.42 Å². The molecule has 0 fully saturated rings. The highest BCUT2D eigenvalue weighted by atomic mass is 19.1. The molecule has 1 aromatic rings. The third-order valence-corrected chi connectivity index (χ3v) is 2.21. The Kier molecular flexibility index (Phi) is 3.27. The van der Waals surface area contributed by atoms with Crippen molar-refractivity contribution in [2.75, 3.05) is 6.61 Å². The quantitative estimate of drug-likeness (QED) is 0.788. The number of halogens is 1. The van der Waals surface area contributed by atoms with E-state index in [0.717, 1.165) is 11.1 Å². The lowest BCUT2D eigenvalue weighted by Gasteiger charge is -2.21. The van der Waals surface area contributed by atoms with Crippen molar-refractivity contribution in [2.24, 2.45) is 5.41 Å². The average Bonchev–Trinajstić information content (AvgIpc) is 2.01. The van der Waals surface area contributed by atoms with E-state index in [0.29, 0.717) is 6.42 Å². The van der Waals surface area contributed by atoms with Crippen molar-refractivity contribution in [3.8, 4) is 0 Å². The van der Waals surface area contributed by atoms with Crippen LogP contribution in [0, 0.1) is 18.2 Å². The van der Waals surface area contributed by atoms with Crippen molar-refractivity contribution in [1.29, 1.82) is 0 Å². The van der Waals surface area contributed by atoms with Crippen LogP contribution in [0.1, 0.15) is 25.0 Å². The lowest BCUT2D eigenvalue weighted by Crippen LogP contribution is -2.19. The zero-order valence-electron chi connectivity index (χ0n) is 8.97. The van der Waals surface area contributed by atoms with Gasteiger partial charge in [-0.2, -0.15) is 0 Å². The second-order valence-electron chi connectivity index (χ2n) is 4.64. The van der Waals surface area contributed by atoms with Gasteiger partial charge in [0.15, 0.2) is 0 Å². The van der Waals surface area contributed by atoms with E-state index in [-0.39, 0.29) is 17.8 Å². The Morgan fingerprint density at radius 3 is 2.43 bits per heavy atom. The Bertz CT molecular complexity index is 298. The predicted octanol–water partition coefficient (Wildman–Crippen LogP) is 2.70. The van der Waals surface area contributed by atoms with Gasteiger partial charge in [0.1, 0.15) is 5.82 Å². The Morgan fingerprint density at radius 2 is 1.93 bits per heavy atom. The zero-order chi connectivity index (χ0) is 10.8. The van der Waals surface area contributed by atoms with Crippen molar-refractivity contribution < 1.29 is 9.50 Å². The smallest absolute Gasteiger partial charge is 0.123 e. The number of hydrogen-bond donors (Lipinski definition) is 1. The van der Waals surface area contributed by atoms with Gasteiger partial charge in [-0.3, -0.25) is 0 Å². The molecule has 1 N–H and O–H groups in total. The van der Waals surface area contributed by atoms with Gasteiger partial charge in [-0.05, 0) is 42.0 Å². The number of benzene rings is 1. The van der Waals surface area contributed by atoms with Crippen LogP contribution < -0.4 is 0 Å². The van der Waals surface area contributed by atoms with E-state index in [1.165, 1.54) is 12.1 Å². The van der Waals surface area contributed by atoms with Gasteiger partial charge in [0.25, 0.3) is 0 Å². The summed E-state index contributed by atoms with van der Waals surface area (Å²) in [6, 6.07) is 5.00. The van der Waals surface area contributed by atoms with E-state index in [4.69, 9.17) is 5.11 Å². The molecule has 0 saturated heterocycles. The molecule has 0 aromatic heterocycles. The lowest BCUT2D eigenvalue weighted by atomic mass is 9.86. The molecule has 0 atom stereocenters. The monoisotopic (exact) mass is 196 g/mol. The first-order chi connectivity index (χ1) is 6.43. The van der Waals surface area contributed by atoms with Crippen LogP contribution in [0.4, 0.5) is 4.39 Å². The highest BCUT2D eigenvalue weighted by Gasteiger charge is 2.17. The SMILES string of the molecule is Cc1cc(F)cc(CC(C)(C)CO)c1. The maximum absolute atomic E-state index is 13.0. The van der Waals surface area contributed by atoms with Gasteiger partial charge in [0.05, 0.1) is 0 Å². The van der Waals surface area contributed by atoms with Crippen LogP contribution in [-0.4, -0.2) is 11.7 Å². The van der Waals surface area contributed by atoms with Gasteiger partial charge in [-0.15, -0.1) is 0 Å². The summed E-state index contributed by atoms with van der Waals surface area (Å²) in [5.41, 5.74) is 1.69. The fourth-order valence-electron chi connectivity index (χ4n) is 1.52. The van der Waals surface area contributed by atoms with Gasteiger partial charge in [-0.25, -0.2) is 4.39 Å². The summed E-state index contributed by atoms with van der Waals surface area (Å²) >= 11 is 0. The van der Waals surface area contributed by atoms with Gasteiger partial charge < -0.3 is 5.11 Å². The lowest BCUT2D eigenvalue weighted by molar-refractivity contribution is 0.159. The second-order valence-corrected chi connectivity index (χ2v) is 4.64. The van der Waals surface area contributed by atoms with Crippen molar-refractivity contribution in [1.82, 2.24) is 0 Å². The zero-order valence-corrected chi connectivity index (χ0v) is 8.97. The van der Waals surface area contributed by atoms with E-state index in [9.17, 15) is 4.39 Å². The Balaban J connectivity index is 2.87. The summed E-state index contributed by atoms with van der Waals surface area (Å²) in [5, 5.41) is 9.10. The summed E-state index contributed by atoms with van der Waals surface area (Å²) in [6.07, 6.45) is 0.697. The molecular weight excluding hydrogens is 179 g/mol. The summed E-state index contributed by atoms with van der Waals surface area (Å²) in [4.78, 5) is 0. The maximum Gasteiger partial charge on any atom is 0.123 e. The Morgan fingerprint density at radius 1 is 1.29 bits per heavy atom. The molecule has 1 rings (SSSR count). The van der Waals surface area contributed by atoms with Crippen LogP contribution in [0.2, 0.25) is 0 Å². The Hall–Kier alpha value is -0.890. The number of aryl methyl sites for hydroxylation is 1. The maximum atomic E-state index is 13.0. The van der Waals surface area contributed by atoms with Gasteiger partial charge in [0, 0.05) is 6.61 Å². The van der Waals surface area contributed by atoms with Crippen LogP contribution in [0.5, 0.6) is 0 Å². The van der Waals surface area contributed by atoms with Crippen LogP contribution in [0.15, 0.2) is 18.2 Å². The summed E-state index contributed by atoms with van der Waals surface area (Å²) in [6.45, 7) is 5.92. The molecule has 0 aliphatic rings. The molecule has 0 radical (unpaired) electrons. The third kappa shape index (κ3) is 3.11. The standard InChI is InChI=1S/C12H17FO/c1-9-4-10(6-11(13)5-9)7-12(2,3)8-14/h4-6,14H,7-8H2,1-3H3. The van der Waals surface area contributed by atoms with Gasteiger partial charge >= 0.3 is 0 Å². The minimum absolute atomic E-state index is 0.114. The average molecular weight is 196 g/mol. The summed E-state index contributed by atoms with van der Waals surface area (Å²) in [5.74, 6) is -0.200. The number of rotatable bonds is 3. The predicted molar refractivity (Wildman–Crippen MR) is 55.7 cm³/mol. The van der Waals surface area contributed by atoms with Crippen LogP contribution >= 0.6 is 0 Å². The Labute approximate surface area is 84.6 Å². The normalized spacial score (nSPS) is 11.8. The topological polar surface area (TPSA) is 20.2 Å². The fourth-order valence-corrected chi connectivity index (χ4v) is 1.52. The molecule has 0 saturated carbocycles. The van der Waals surface area contributed by atoms with Crippen molar-refractivity contribution >= 4 is 0 Å². The minimum Gasteiger partial charge on any atom is -0.396 e. The molecular formula is C12H17FO. The summed E-state index contributed by atoms with van der Waals surface area (Å²) in [7, 11) is 0. The van der Waals surface area contributed by atoms with E-state index < -0.39 is 0 Å². The molecule has 1 nitrogen and oxygen atoms in total. The molecule has 2 heteroatoms. The van der Waals surface area contributed by atoms with Crippen molar-refractivity contribution in [3.63, 3.8) is 0 Å². The third-order valence-electron chi connectivity index (χ3n) is 2.21. The molecule has 1 aromatic carbocycles. The second kappa shape index (κ2) is 4.09. The van der Waals surface area contributed by atoms with E-state index >= 15 is 0 Å². The minimum atomic E-state index is -0.200. The van der Waals surface area contributed by atoms with E-state index in [1.54, 1.807) is 0 Å². The van der Waals surface area contributed by atoms with Crippen molar-refractivity contribution in [2.45, 2.75) is 27.2 Å². The molecule has 0 spiro atoms. The van der Waals surface area contributed by atoms with Gasteiger partial charge in [-0.1, -0.05) is 19.9 Å². The first-order valence-corrected chi connectivity index (χ1v) is 4.80. The van der Waals surface area contributed by atoms with Crippen LogP contribution in [0.25, 0.3) is 0 Å². The summed E-state index contributed by atoms with van der Waals surface area (Å²) < 4.78 is 13.0. The van der Waals surface area contributed by atoms with Gasteiger partial charge in [0.2, 0.25) is 0 Å². The molecule has 0 unspecified atom stereocenters. The van der Waals surface area contributed by atoms with Crippen LogP contribution in [0.3, 0.4) is 0 Å². The largest absolute Gasteiger partial charge is 0.396 e. The highest BCUT2D eigenvalue weighted by molar-refractivity contribution is 5.24. The first-order valence-electron chi connectivity index (χ1n) is 4.80. The molecule has 0 aliphatic heterocycles. The fraction of sp³-hybridized carbons (Fsp3) is 0.500. The molecule has 14 heavy (non-hydrogen) atoms. The highest BCUT2D eigenvalue weighted by Crippen LogP contribution is 2.22. The van der Waals surface area contributed by atoms with E-state index in [1.807, 2.05) is 26.8 Å². The first kappa shape index (κ1) is 11.2. The number of aliphatic hydroxyl groups excluding tert-OH is 1. The molecule has 0 aliphatic carbocycles. The molecule has 78 valence electrons. The molecule has 0 amide bonds. The van der Waals surface area contributed by atoms with Crippen molar-refractivity contribution in [3.05, 3.63) is 35.1 Å². The van der Waals surface area contributed by atoms with E-state index in [2.05, 4.69) is 0 Å². The molecule has 0 bridgehead atoms.